The van der Waals surface area contributed by atoms with Gasteiger partial charge in [-0.3, -0.25) is 0 Å². The van der Waals surface area contributed by atoms with Gasteiger partial charge in [-0.2, -0.15) is 0 Å². The molecule has 1 nitrogen and oxygen atoms in total. The van der Waals surface area contributed by atoms with Crippen LogP contribution in [-0.2, 0) is 12.3 Å². The summed E-state index contributed by atoms with van der Waals surface area (Å²) in [5.41, 5.74) is 1.59. The molecule has 2 rings (SSSR count). The van der Waals surface area contributed by atoms with E-state index in [0.29, 0.717) is 11.3 Å². The van der Waals surface area contributed by atoms with Crippen LogP contribution < -0.4 is 5.32 Å². The van der Waals surface area contributed by atoms with E-state index < -0.39 is 11.6 Å². The smallest absolute Gasteiger partial charge is 0.162 e. The van der Waals surface area contributed by atoms with Gasteiger partial charge in [0.25, 0.3) is 0 Å². The molecule has 19 heavy (non-hydrogen) atoms. The van der Waals surface area contributed by atoms with Gasteiger partial charge in [0.1, 0.15) is 0 Å². The number of benzene rings is 2. The fourth-order valence-electron chi connectivity index (χ4n) is 1.73. The molecule has 100 valence electrons. The van der Waals surface area contributed by atoms with E-state index in [4.69, 9.17) is 0 Å². The lowest BCUT2D eigenvalue weighted by Crippen LogP contribution is -2.04. The van der Waals surface area contributed by atoms with E-state index in [1.54, 1.807) is 6.07 Å². The van der Waals surface area contributed by atoms with Gasteiger partial charge in [-0.25, -0.2) is 8.78 Å². The van der Waals surface area contributed by atoms with Crippen LogP contribution in [0.1, 0.15) is 11.1 Å². The second-order valence-corrected chi connectivity index (χ2v) is 5.22. The van der Waals surface area contributed by atoms with Crippen molar-refractivity contribution >= 4 is 11.8 Å². The fourth-order valence-corrected chi connectivity index (χ4v) is 2.60. The zero-order valence-corrected chi connectivity index (χ0v) is 11.4. The van der Waals surface area contributed by atoms with Gasteiger partial charge < -0.3 is 5.32 Å². The molecule has 0 unspecified atom stereocenters. The van der Waals surface area contributed by atoms with Crippen molar-refractivity contribution in [3.05, 3.63) is 65.2 Å². The fraction of sp³-hybridized carbons (Fsp3) is 0.200. The Morgan fingerprint density at radius 1 is 1.05 bits per heavy atom. The Morgan fingerprint density at radius 2 is 1.79 bits per heavy atom. The first kappa shape index (κ1) is 14.0. The molecule has 0 aliphatic rings. The standard InChI is InChI=1S/C15H15F2NS/c1-18-9-11-5-7-13(8-6-11)19-10-12-3-2-4-14(16)15(12)17/h2-8,18H,9-10H2,1H3. The van der Waals surface area contributed by atoms with Gasteiger partial charge in [0.15, 0.2) is 11.6 Å². The SMILES string of the molecule is CNCc1ccc(SCc2cccc(F)c2F)cc1. The lowest BCUT2D eigenvalue weighted by molar-refractivity contribution is 0.502. The molecule has 0 amide bonds. The van der Waals surface area contributed by atoms with E-state index in [0.717, 1.165) is 17.5 Å². The van der Waals surface area contributed by atoms with Crippen LogP contribution in [0.25, 0.3) is 0 Å². The third kappa shape index (κ3) is 3.78. The number of rotatable bonds is 5. The lowest BCUT2D eigenvalue weighted by Gasteiger charge is -2.05. The average Bonchev–Trinajstić information content (AvgIpc) is 2.42. The maximum atomic E-state index is 13.5. The summed E-state index contributed by atoms with van der Waals surface area (Å²) in [5.74, 6) is -1.11. The highest BCUT2D eigenvalue weighted by atomic mass is 32.2. The Balaban J connectivity index is 2.00. The van der Waals surface area contributed by atoms with Crippen LogP contribution in [-0.4, -0.2) is 7.05 Å². The third-order valence-electron chi connectivity index (χ3n) is 2.73. The van der Waals surface area contributed by atoms with Crippen molar-refractivity contribution in [2.45, 2.75) is 17.2 Å². The summed E-state index contributed by atoms with van der Waals surface area (Å²) in [6, 6.07) is 12.3. The molecule has 1 N–H and O–H groups in total. The summed E-state index contributed by atoms with van der Waals surface area (Å²) in [6.07, 6.45) is 0. The highest BCUT2D eigenvalue weighted by Crippen LogP contribution is 2.25. The summed E-state index contributed by atoms with van der Waals surface area (Å²) in [6.45, 7) is 0.823. The minimum atomic E-state index is -0.789. The van der Waals surface area contributed by atoms with Crippen molar-refractivity contribution < 1.29 is 8.78 Å². The summed E-state index contributed by atoms with van der Waals surface area (Å²) in [4.78, 5) is 1.04. The molecule has 0 aromatic heterocycles. The van der Waals surface area contributed by atoms with Crippen LogP contribution in [0.15, 0.2) is 47.4 Å². The lowest BCUT2D eigenvalue weighted by atomic mass is 10.2. The quantitative estimate of drug-likeness (QED) is 0.831. The normalized spacial score (nSPS) is 10.7. The number of thioether (sulfide) groups is 1. The molecule has 0 atom stereocenters. The van der Waals surface area contributed by atoms with Crippen molar-refractivity contribution in [1.29, 1.82) is 0 Å². The molecular weight excluding hydrogens is 264 g/mol. The first-order valence-electron chi connectivity index (χ1n) is 6.00. The van der Waals surface area contributed by atoms with Crippen LogP contribution in [0.2, 0.25) is 0 Å². The van der Waals surface area contributed by atoms with Gasteiger partial charge in [0.05, 0.1) is 0 Å². The molecule has 0 aliphatic heterocycles. The van der Waals surface area contributed by atoms with E-state index in [1.165, 1.54) is 23.4 Å². The predicted octanol–water partition coefficient (Wildman–Crippen LogP) is 3.98. The maximum Gasteiger partial charge on any atom is 0.162 e. The number of halogens is 2. The molecule has 0 bridgehead atoms. The van der Waals surface area contributed by atoms with E-state index in [2.05, 4.69) is 5.32 Å². The van der Waals surface area contributed by atoms with Crippen LogP contribution in [0.3, 0.4) is 0 Å². The van der Waals surface area contributed by atoms with Gasteiger partial charge in [0.2, 0.25) is 0 Å². The molecule has 0 saturated heterocycles. The molecule has 0 saturated carbocycles. The highest BCUT2D eigenvalue weighted by Gasteiger charge is 2.07. The van der Waals surface area contributed by atoms with E-state index in [-0.39, 0.29) is 0 Å². The van der Waals surface area contributed by atoms with Crippen molar-refractivity contribution in [1.82, 2.24) is 5.32 Å². The monoisotopic (exact) mass is 279 g/mol. The molecule has 0 fully saturated rings. The Hall–Kier alpha value is -1.39. The van der Waals surface area contributed by atoms with Crippen molar-refractivity contribution in [2.24, 2.45) is 0 Å². The molecule has 2 aromatic carbocycles. The average molecular weight is 279 g/mol. The van der Waals surface area contributed by atoms with Crippen LogP contribution >= 0.6 is 11.8 Å². The zero-order chi connectivity index (χ0) is 13.7. The van der Waals surface area contributed by atoms with E-state index in [1.807, 2.05) is 31.3 Å². The highest BCUT2D eigenvalue weighted by molar-refractivity contribution is 7.98. The molecule has 0 radical (unpaired) electrons. The van der Waals surface area contributed by atoms with Crippen molar-refractivity contribution in [2.75, 3.05) is 7.05 Å². The number of hydrogen-bond acceptors (Lipinski definition) is 2. The van der Waals surface area contributed by atoms with Crippen molar-refractivity contribution in [3.63, 3.8) is 0 Å². The Bertz CT molecular complexity index is 540. The van der Waals surface area contributed by atoms with E-state index in [9.17, 15) is 8.78 Å². The summed E-state index contributed by atoms with van der Waals surface area (Å²) < 4.78 is 26.5. The minimum Gasteiger partial charge on any atom is -0.316 e. The van der Waals surface area contributed by atoms with Gasteiger partial charge in [-0.05, 0) is 30.8 Å². The first-order chi connectivity index (χ1) is 9.20. The molecule has 0 aliphatic carbocycles. The topological polar surface area (TPSA) is 12.0 Å². The maximum absolute atomic E-state index is 13.5. The van der Waals surface area contributed by atoms with Gasteiger partial charge in [-0.15, -0.1) is 11.8 Å². The van der Waals surface area contributed by atoms with Crippen LogP contribution in [0.5, 0.6) is 0 Å². The summed E-state index contributed by atoms with van der Waals surface area (Å²) >= 11 is 1.50. The number of nitrogens with one attached hydrogen (secondary N) is 1. The second kappa shape index (κ2) is 6.68. The Labute approximate surface area is 116 Å². The number of hydrogen-bond donors (Lipinski definition) is 1. The Morgan fingerprint density at radius 3 is 2.47 bits per heavy atom. The Kier molecular flexibility index (Phi) is 4.93. The van der Waals surface area contributed by atoms with E-state index >= 15 is 0 Å². The largest absolute Gasteiger partial charge is 0.316 e. The van der Waals surface area contributed by atoms with Gasteiger partial charge in [-0.1, -0.05) is 24.3 Å². The summed E-state index contributed by atoms with van der Waals surface area (Å²) in [7, 11) is 1.90. The summed E-state index contributed by atoms with van der Waals surface area (Å²) in [5, 5.41) is 3.08. The second-order valence-electron chi connectivity index (χ2n) is 4.18. The molecular formula is C15H15F2NS. The molecule has 2 aromatic rings. The zero-order valence-electron chi connectivity index (χ0n) is 10.6. The minimum absolute atomic E-state index is 0.393. The van der Waals surface area contributed by atoms with Gasteiger partial charge >= 0.3 is 0 Å². The van der Waals surface area contributed by atoms with Crippen molar-refractivity contribution in [3.8, 4) is 0 Å². The molecule has 0 spiro atoms. The van der Waals surface area contributed by atoms with Gasteiger partial charge in [0, 0.05) is 22.8 Å². The molecule has 0 heterocycles. The molecule has 4 heteroatoms. The van der Waals surface area contributed by atoms with Crippen LogP contribution in [0, 0.1) is 11.6 Å². The third-order valence-corrected chi connectivity index (χ3v) is 3.79. The van der Waals surface area contributed by atoms with Crippen LogP contribution in [0.4, 0.5) is 8.78 Å². The predicted molar refractivity (Wildman–Crippen MR) is 75.1 cm³/mol. The first-order valence-corrected chi connectivity index (χ1v) is 6.98.